The van der Waals surface area contributed by atoms with E-state index < -0.39 is 0 Å². The molecule has 0 atom stereocenters. The van der Waals surface area contributed by atoms with E-state index in [1.54, 1.807) is 6.92 Å². The lowest BCUT2D eigenvalue weighted by Gasteiger charge is -1.87. The summed E-state index contributed by atoms with van der Waals surface area (Å²) in [6, 6.07) is 1.51. The Bertz CT molecular complexity index is 165. The van der Waals surface area contributed by atoms with Crippen LogP contribution in [0, 0.1) is 18.9 Å². The fourth-order valence-electron chi connectivity index (χ4n) is 0.399. The van der Waals surface area contributed by atoms with Gasteiger partial charge in [0.15, 0.2) is 0 Å². The van der Waals surface area contributed by atoms with Gasteiger partial charge in [0.05, 0.1) is 12.4 Å². The van der Waals surface area contributed by atoms with Crippen molar-refractivity contribution in [2.24, 2.45) is 0 Å². The standard InChI is InChI=1S/C6H5FN/c1-5-2-3-8-4-6(5)7/h2,4H,1H3. The van der Waals surface area contributed by atoms with Crippen LogP contribution in [0.5, 0.6) is 0 Å². The van der Waals surface area contributed by atoms with E-state index in [9.17, 15) is 4.39 Å². The summed E-state index contributed by atoms with van der Waals surface area (Å²) >= 11 is 0. The van der Waals surface area contributed by atoms with Crippen LogP contribution in [-0.2, 0) is 0 Å². The number of aromatic nitrogens is 1. The number of halogens is 1. The van der Waals surface area contributed by atoms with E-state index >= 15 is 0 Å². The zero-order chi connectivity index (χ0) is 5.98. The van der Waals surface area contributed by atoms with Crippen molar-refractivity contribution in [1.82, 2.24) is 4.98 Å². The maximum Gasteiger partial charge on any atom is 0.144 e. The molecule has 1 nitrogen and oxygen atoms in total. The third kappa shape index (κ3) is 0.832. The molecule has 1 heterocycles. The second-order valence-electron chi connectivity index (χ2n) is 1.56. The van der Waals surface area contributed by atoms with Crippen LogP contribution in [0.15, 0.2) is 12.3 Å². The number of aryl methyl sites for hydroxylation is 1. The first kappa shape index (κ1) is 5.22. The van der Waals surface area contributed by atoms with Crippen molar-refractivity contribution in [3.05, 3.63) is 29.8 Å². The fourth-order valence-corrected chi connectivity index (χ4v) is 0.399. The van der Waals surface area contributed by atoms with Gasteiger partial charge in [-0.05, 0) is 18.6 Å². The van der Waals surface area contributed by atoms with Gasteiger partial charge in [-0.25, -0.2) is 4.39 Å². The van der Waals surface area contributed by atoms with Crippen LogP contribution in [0.3, 0.4) is 0 Å². The van der Waals surface area contributed by atoms with Crippen LogP contribution in [0.25, 0.3) is 0 Å². The average Bonchev–Trinajstić information content (AvgIpc) is 1.77. The molecule has 2 heteroatoms. The molecule has 0 amide bonds. The molecule has 0 aliphatic rings. The van der Waals surface area contributed by atoms with Crippen molar-refractivity contribution >= 4 is 0 Å². The minimum Gasteiger partial charge on any atom is -0.252 e. The quantitative estimate of drug-likeness (QED) is 0.491. The van der Waals surface area contributed by atoms with Crippen molar-refractivity contribution in [3.63, 3.8) is 0 Å². The Morgan fingerprint density at radius 3 is 2.88 bits per heavy atom. The third-order valence-electron chi connectivity index (χ3n) is 0.910. The SMILES string of the molecule is Cc1c[c]ncc1F. The van der Waals surface area contributed by atoms with Crippen LogP contribution in [-0.4, -0.2) is 4.98 Å². The van der Waals surface area contributed by atoms with Crippen molar-refractivity contribution in [3.8, 4) is 0 Å². The molecule has 8 heavy (non-hydrogen) atoms. The molecule has 1 aromatic rings. The molecule has 0 aliphatic heterocycles. The first-order chi connectivity index (χ1) is 3.80. The summed E-state index contributed by atoms with van der Waals surface area (Å²) in [6.07, 6.45) is 3.66. The first-order valence-electron chi connectivity index (χ1n) is 2.29. The minimum atomic E-state index is -0.274. The van der Waals surface area contributed by atoms with Crippen LogP contribution >= 0.6 is 0 Å². The van der Waals surface area contributed by atoms with Gasteiger partial charge in [0, 0.05) is 0 Å². The monoisotopic (exact) mass is 110 g/mol. The Labute approximate surface area is 47.2 Å². The Balaban J connectivity index is 3.13. The predicted molar refractivity (Wildman–Crippen MR) is 27.8 cm³/mol. The largest absolute Gasteiger partial charge is 0.252 e. The number of hydrogen-bond acceptors (Lipinski definition) is 1. The highest BCUT2D eigenvalue weighted by molar-refractivity contribution is 5.08. The molecular weight excluding hydrogens is 105 g/mol. The summed E-state index contributed by atoms with van der Waals surface area (Å²) in [5.41, 5.74) is 0.583. The van der Waals surface area contributed by atoms with E-state index in [2.05, 4.69) is 11.2 Å². The van der Waals surface area contributed by atoms with E-state index in [1.807, 2.05) is 0 Å². The molecule has 0 N–H and O–H groups in total. The van der Waals surface area contributed by atoms with Gasteiger partial charge in [0.1, 0.15) is 5.82 Å². The summed E-state index contributed by atoms with van der Waals surface area (Å²) < 4.78 is 12.2. The van der Waals surface area contributed by atoms with E-state index in [0.29, 0.717) is 5.56 Å². The van der Waals surface area contributed by atoms with E-state index in [1.165, 1.54) is 6.07 Å². The highest BCUT2D eigenvalue weighted by Gasteiger charge is 1.90. The highest BCUT2D eigenvalue weighted by atomic mass is 19.1. The van der Waals surface area contributed by atoms with Gasteiger partial charge < -0.3 is 0 Å². The number of nitrogens with zero attached hydrogens (tertiary/aromatic N) is 1. The molecule has 1 radical (unpaired) electrons. The molecule has 0 saturated carbocycles. The van der Waals surface area contributed by atoms with Crippen LogP contribution in [0.4, 0.5) is 4.39 Å². The fraction of sp³-hybridized carbons (Fsp3) is 0.167. The van der Waals surface area contributed by atoms with Crippen LogP contribution < -0.4 is 0 Å². The summed E-state index contributed by atoms with van der Waals surface area (Å²) in [5, 5.41) is 0. The zero-order valence-corrected chi connectivity index (χ0v) is 4.48. The lowest BCUT2D eigenvalue weighted by Crippen LogP contribution is -1.80. The Morgan fingerprint density at radius 1 is 1.75 bits per heavy atom. The smallest absolute Gasteiger partial charge is 0.144 e. The van der Waals surface area contributed by atoms with E-state index in [-0.39, 0.29) is 5.82 Å². The molecule has 0 bridgehead atoms. The molecule has 41 valence electrons. The minimum absolute atomic E-state index is 0.274. The summed E-state index contributed by atoms with van der Waals surface area (Å²) in [7, 11) is 0. The molecule has 1 rings (SSSR count). The molecule has 0 unspecified atom stereocenters. The molecule has 0 aliphatic carbocycles. The van der Waals surface area contributed by atoms with E-state index in [0.717, 1.165) is 6.20 Å². The van der Waals surface area contributed by atoms with Gasteiger partial charge >= 0.3 is 0 Å². The molecular formula is C6H5FN. The van der Waals surface area contributed by atoms with Gasteiger partial charge in [0.25, 0.3) is 0 Å². The third-order valence-corrected chi connectivity index (χ3v) is 0.910. The maximum atomic E-state index is 12.2. The Morgan fingerprint density at radius 2 is 2.50 bits per heavy atom. The Kier molecular flexibility index (Phi) is 1.24. The molecule has 0 aromatic carbocycles. The molecule has 0 saturated heterocycles. The first-order valence-corrected chi connectivity index (χ1v) is 2.29. The van der Waals surface area contributed by atoms with Gasteiger partial charge in [-0.1, -0.05) is 0 Å². The van der Waals surface area contributed by atoms with Crippen molar-refractivity contribution in [1.29, 1.82) is 0 Å². The zero-order valence-electron chi connectivity index (χ0n) is 4.48. The number of hydrogen-bond donors (Lipinski definition) is 0. The topological polar surface area (TPSA) is 12.9 Å². The summed E-state index contributed by atoms with van der Waals surface area (Å²) in [4.78, 5) is 3.45. The molecule has 0 fully saturated rings. The number of pyridine rings is 1. The average molecular weight is 110 g/mol. The molecule has 1 aromatic heterocycles. The second kappa shape index (κ2) is 1.90. The highest BCUT2D eigenvalue weighted by Crippen LogP contribution is 1.99. The van der Waals surface area contributed by atoms with Crippen molar-refractivity contribution in [2.75, 3.05) is 0 Å². The van der Waals surface area contributed by atoms with Gasteiger partial charge in [-0.15, -0.1) is 0 Å². The molecule has 0 spiro atoms. The second-order valence-corrected chi connectivity index (χ2v) is 1.56. The lowest BCUT2D eigenvalue weighted by atomic mass is 10.3. The summed E-state index contributed by atoms with van der Waals surface area (Å²) in [5.74, 6) is -0.274. The van der Waals surface area contributed by atoms with Crippen molar-refractivity contribution in [2.45, 2.75) is 6.92 Å². The maximum absolute atomic E-state index is 12.2. The van der Waals surface area contributed by atoms with Crippen molar-refractivity contribution < 1.29 is 4.39 Å². The summed E-state index contributed by atoms with van der Waals surface area (Å²) in [6.45, 7) is 1.67. The van der Waals surface area contributed by atoms with Gasteiger partial charge in [-0.3, -0.25) is 4.98 Å². The Hall–Kier alpha value is -0.920. The van der Waals surface area contributed by atoms with Gasteiger partial charge in [-0.2, -0.15) is 0 Å². The van der Waals surface area contributed by atoms with Crippen LogP contribution in [0.1, 0.15) is 5.56 Å². The van der Waals surface area contributed by atoms with Crippen LogP contribution in [0.2, 0.25) is 0 Å². The predicted octanol–water partition coefficient (Wildman–Crippen LogP) is 1.33. The lowest BCUT2D eigenvalue weighted by molar-refractivity contribution is 0.611. The van der Waals surface area contributed by atoms with E-state index in [4.69, 9.17) is 0 Å². The normalized spacial score (nSPS) is 9.25. The number of rotatable bonds is 0. The van der Waals surface area contributed by atoms with Gasteiger partial charge in [0.2, 0.25) is 0 Å².